The number of carbonyl (C=O) groups excluding carboxylic acids is 1. The summed E-state index contributed by atoms with van der Waals surface area (Å²) >= 11 is 0. The molecule has 0 heterocycles. The molecule has 0 N–H and O–H groups in total. The van der Waals surface area contributed by atoms with Crippen LogP contribution in [-0.4, -0.2) is 54.7 Å². The molecule has 0 aromatic carbocycles. The summed E-state index contributed by atoms with van der Waals surface area (Å²) in [6, 6.07) is 0. The van der Waals surface area contributed by atoms with Gasteiger partial charge in [0, 0.05) is 13.1 Å². The van der Waals surface area contributed by atoms with Gasteiger partial charge in [-0.3, -0.25) is 0 Å². The summed E-state index contributed by atoms with van der Waals surface area (Å²) in [5.41, 5.74) is -0.415. The minimum absolute atomic E-state index is 0.166. The molecule has 0 saturated carbocycles. The highest BCUT2D eigenvalue weighted by atomic mass is 16.6. The second-order valence-electron chi connectivity index (χ2n) is 7.18. The third kappa shape index (κ3) is 11.8. The van der Waals surface area contributed by atoms with Crippen LogP contribution in [0.1, 0.15) is 73.1 Å². The predicted octanol–water partition coefficient (Wildman–Crippen LogP) is 4.54. The topological polar surface area (TPSA) is 32.8 Å². The SMILES string of the molecule is CCCCN(C)CCCCN(CCCC)C(=O)OC(C)(C)C. The Labute approximate surface area is 138 Å². The predicted molar refractivity (Wildman–Crippen MR) is 94.4 cm³/mol. The molecule has 0 atom stereocenters. The molecule has 0 aliphatic rings. The molecule has 22 heavy (non-hydrogen) atoms. The van der Waals surface area contributed by atoms with Gasteiger partial charge in [-0.15, -0.1) is 0 Å². The zero-order valence-corrected chi connectivity index (χ0v) is 15.8. The molecule has 0 rings (SSSR count). The maximum absolute atomic E-state index is 12.2. The number of nitrogens with zero attached hydrogens (tertiary/aromatic N) is 2. The molecule has 0 aromatic heterocycles. The summed E-state index contributed by atoms with van der Waals surface area (Å²) in [5.74, 6) is 0. The summed E-state index contributed by atoms with van der Waals surface area (Å²) in [6.45, 7) is 14.0. The fraction of sp³-hybridized carbons (Fsp3) is 0.944. The maximum Gasteiger partial charge on any atom is 0.410 e. The van der Waals surface area contributed by atoms with Crippen LogP contribution in [0.3, 0.4) is 0 Å². The van der Waals surface area contributed by atoms with Gasteiger partial charge in [-0.1, -0.05) is 26.7 Å². The quantitative estimate of drug-likeness (QED) is 0.525. The molecule has 0 fully saturated rings. The van der Waals surface area contributed by atoms with Crippen molar-refractivity contribution in [3.8, 4) is 0 Å². The Morgan fingerprint density at radius 3 is 1.86 bits per heavy atom. The zero-order valence-electron chi connectivity index (χ0n) is 15.8. The van der Waals surface area contributed by atoms with Crippen LogP contribution < -0.4 is 0 Å². The Bertz CT molecular complexity index is 287. The number of unbranched alkanes of at least 4 members (excludes halogenated alkanes) is 3. The number of ether oxygens (including phenoxy) is 1. The average Bonchev–Trinajstić information content (AvgIpc) is 2.42. The van der Waals surface area contributed by atoms with Crippen LogP contribution in [0, 0.1) is 0 Å². The fourth-order valence-electron chi connectivity index (χ4n) is 2.19. The highest BCUT2D eigenvalue weighted by Crippen LogP contribution is 2.11. The Morgan fingerprint density at radius 1 is 0.864 bits per heavy atom. The van der Waals surface area contributed by atoms with Gasteiger partial charge >= 0.3 is 6.09 Å². The lowest BCUT2D eigenvalue weighted by molar-refractivity contribution is 0.0243. The van der Waals surface area contributed by atoms with E-state index in [-0.39, 0.29) is 6.09 Å². The number of carbonyl (C=O) groups is 1. The van der Waals surface area contributed by atoms with Gasteiger partial charge < -0.3 is 14.5 Å². The molecule has 4 nitrogen and oxygen atoms in total. The van der Waals surface area contributed by atoms with E-state index in [1.54, 1.807) is 0 Å². The summed E-state index contributed by atoms with van der Waals surface area (Å²) in [5, 5.41) is 0. The summed E-state index contributed by atoms with van der Waals surface area (Å²) in [6.07, 6.45) is 6.64. The van der Waals surface area contributed by atoms with Gasteiger partial charge in [-0.25, -0.2) is 4.79 Å². The summed E-state index contributed by atoms with van der Waals surface area (Å²) < 4.78 is 5.50. The first-order valence-corrected chi connectivity index (χ1v) is 8.96. The second-order valence-corrected chi connectivity index (χ2v) is 7.18. The number of hydrogen-bond donors (Lipinski definition) is 0. The first-order valence-electron chi connectivity index (χ1n) is 8.96. The van der Waals surface area contributed by atoms with E-state index in [0.29, 0.717) is 0 Å². The summed E-state index contributed by atoms with van der Waals surface area (Å²) in [7, 11) is 2.18. The number of rotatable bonds is 11. The van der Waals surface area contributed by atoms with E-state index < -0.39 is 5.60 Å². The van der Waals surface area contributed by atoms with E-state index in [4.69, 9.17) is 4.74 Å². The van der Waals surface area contributed by atoms with Gasteiger partial charge in [0.2, 0.25) is 0 Å². The minimum Gasteiger partial charge on any atom is -0.444 e. The monoisotopic (exact) mass is 314 g/mol. The van der Waals surface area contributed by atoms with Gasteiger partial charge in [0.25, 0.3) is 0 Å². The van der Waals surface area contributed by atoms with Crippen LogP contribution in [-0.2, 0) is 4.74 Å². The molecule has 0 aromatic rings. The highest BCUT2D eigenvalue weighted by Gasteiger charge is 2.21. The van der Waals surface area contributed by atoms with Crippen LogP contribution in [0.15, 0.2) is 0 Å². The molecule has 1 amide bonds. The van der Waals surface area contributed by atoms with Crippen molar-refractivity contribution in [2.45, 2.75) is 78.7 Å². The minimum atomic E-state index is -0.415. The largest absolute Gasteiger partial charge is 0.444 e. The Hall–Kier alpha value is -0.770. The second kappa shape index (κ2) is 11.8. The molecular weight excluding hydrogens is 276 g/mol. The van der Waals surface area contributed by atoms with E-state index in [1.165, 1.54) is 19.4 Å². The van der Waals surface area contributed by atoms with Crippen molar-refractivity contribution < 1.29 is 9.53 Å². The van der Waals surface area contributed by atoms with Crippen LogP contribution in [0.4, 0.5) is 4.79 Å². The molecular formula is C18H38N2O2. The average molecular weight is 315 g/mol. The lowest BCUT2D eigenvalue weighted by Crippen LogP contribution is -2.38. The zero-order chi connectivity index (χ0) is 17.0. The maximum atomic E-state index is 12.2. The van der Waals surface area contributed by atoms with Crippen LogP contribution in [0.5, 0.6) is 0 Å². The van der Waals surface area contributed by atoms with Gasteiger partial charge in [0.05, 0.1) is 0 Å². The van der Waals surface area contributed by atoms with Crippen LogP contribution >= 0.6 is 0 Å². The molecule has 0 bridgehead atoms. The molecule has 0 unspecified atom stereocenters. The lowest BCUT2D eigenvalue weighted by Gasteiger charge is -2.27. The van der Waals surface area contributed by atoms with Crippen molar-refractivity contribution >= 4 is 6.09 Å². The van der Waals surface area contributed by atoms with E-state index in [0.717, 1.165) is 45.3 Å². The lowest BCUT2D eigenvalue weighted by atomic mass is 10.2. The molecule has 0 saturated heterocycles. The van der Waals surface area contributed by atoms with E-state index in [2.05, 4.69) is 25.8 Å². The molecule has 0 spiro atoms. The van der Waals surface area contributed by atoms with E-state index >= 15 is 0 Å². The first-order chi connectivity index (χ1) is 10.3. The number of hydrogen-bond acceptors (Lipinski definition) is 3. The Balaban J connectivity index is 4.11. The van der Waals surface area contributed by atoms with E-state index in [1.807, 2.05) is 25.7 Å². The van der Waals surface area contributed by atoms with Crippen molar-refractivity contribution in [1.82, 2.24) is 9.80 Å². The van der Waals surface area contributed by atoms with Gasteiger partial charge in [0.1, 0.15) is 5.60 Å². The molecule has 132 valence electrons. The molecule has 0 aliphatic carbocycles. The smallest absolute Gasteiger partial charge is 0.410 e. The van der Waals surface area contributed by atoms with Gasteiger partial charge in [0.15, 0.2) is 0 Å². The third-order valence-electron chi connectivity index (χ3n) is 3.54. The van der Waals surface area contributed by atoms with Crippen molar-refractivity contribution in [1.29, 1.82) is 0 Å². The highest BCUT2D eigenvalue weighted by molar-refractivity contribution is 5.68. The van der Waals surface area contributed by atoms with Crippen molar-refractivity contribution in [2.24, 2.45) is 0 Å². The Kier molecular flexibility index (Phi) is 11.3. The standard InChI is InChI=1S/C18H38N2O2/c1-7-9-13-19(6)14-11-12-16-20(15-10-8-2)17(21)22-18(3,4)5/h7-16H2,1-6H3. The van der Waals surface area contributed by atoms with Crippen molar-refractivity contribution in [2.75, 3.05) is 33.2 Å². The van der Waals surface area contributed by atoms with Crippen LogP contribution in [0.25, 0.3) is 0 Å². The molecule has 0 radical (unpaired) electrons. The van der Waals surface area contributed by atoms with Crippen LogP contribution in [0.2, 0.25) is 0 Å². The molecule has 0 aliphatic heterocycles. The van der Waals surface area contributed by atoms with Gasteiger partial charge in [-0.05, 0) is 66.6 Å². The van der Waals surface area contributed by atoms with Crippen molar-refractivity contribution in [3.63, 3.8) is 0 Å². The van der Waals surface area contributed by atoms with E-state index in [9.17, 15) is 4.79 Å². The first kappa shape index (κ1) is 21.2. The third-order valence-corrected chi connectivity index (χ3v) is 3.54. The Morgan fingerprint density at radius 2 is 1.32 bits per heavy atom. The fourth-order valence-corrected chi connectivity index (χ4v) is 2.19. The number of amides is 1. The molecule has 4 heteroatoms. The van der Waals surface area contributed by atoms with Gasteiger partial charge in [-0.2, -0.15) is 0 Å². The van der Waals surface area contributed by atoms with Crippen molar-refractivity contribution in [3.05, 3.63) is 0 Å². The normalized spacial score (nSPS) is 11.8. The summed E-state index contributed by atoms with van der Waals surface area (Å²) in [4.78, 5) is 16.5.